The number of benzene rings is 2. The van der Waals surface area contributed by atoms with E-state index in [-0.39, 0.29) is 11.9 Å². The first kappa shape index (κ1) is 14.0. The molecule has 2 aromatic carbocycles. The van der Waals surface area contributed by atoms with Gasteiger partial charge in [0.05, 0.1) is 17.3 Å². The summed E-state index contributed by atoms with van der Waals surface area (Å²) in [6.45, 7) is 0.333. The molecule has 2 N–H and O–H groups in total. The van der Waals surface area contributed by atoms with Gasteiger partial charge in [-0.25, -0.2) is 4.39 Å². The van der Waals surface area contributed by atoms with E-state index in [0.29, 0.717) is 12.1 Å². The van der Waals surface area contributed by atoms with Crippen molar-refractivity contribution in [3.8, 4) is 6.07 Å². The van der Waals surface area contributed by atoms with Gasteiger partial charge in [0.15, 0.2) is 0 Å². The maximum atomic E-state index is 13.4. The van der Waals surface area contributed by atoms with Crippen LogP contribution in [0.5, 0.6) is 0 Å². The smallest absolute Gasteiger partial charge is 0.123 e. The summed E-state index contributed by atoms with van der Waals surface area (Å²) in [7, 11) is 1.86. The van der Waals surface area contributed by atoms with Gasteiger partial charge in [-0.2, -0.15) is 5.26 Å². The molecule has 0 aliphatic carbocycles. The van der Waals surface area contributed by atoms with Crippen LogP contribution in [-0.4, -0.2) is 13.6 Å². The van der Waals surface area contributed by atoms with E-state index < -0.39 is 0 Å². The fraction of sp³-hybridized carbons (Fsp3) is 0.188. The lowest BCUT2D eigenvalue weighted by molar-refractivity contribution is 0.615. The van der Waals surface area contributed by atoms with Crippen molar-refractivity contribution in [1.29, 1.82) is 5.26 Å². The number of anilines is 1. The molecule has 0 aliphatic heterocycles. The van der Waals surface area contributed by atoms with E-state index in [1.165, 1.54) is 12.1 Å². The van der Waals surface area contributed by atoms with E-state index in [2.05, 4.69) is 6.07 Å². The van der Waals surface area contributed by atoms with Gasteiger partial charge >= 0.3 is 0 Å². The van der Waals surface area contributed by atoms with Crippen molar-refractivity contribution in [2.75, 3.05) is 18.5 Å². The molecule has 0 saturated heterocycles. The van der Waals surface area contributed by atoms with Crippen LogP contribution < -0.4 is 10.6 Å². The Balaban J connectivity index is 2.39. The SMILES string of the molecule is CN(c1ccccc1C#N)C(CN)c1cccc(F)c1. The maximum Gasteiger partial charge on any atom is 0.123 e. The van der Waals surface area contributed by atoms with E-state index >= 15 is 0 Å². The number of nitrogens with zero attached hydrogens (tertiary/aromatic N) is 2. The van der Waals surface area contributed by atoms with Gasteiger partial charge < -0.3 is 10.6 Å². The minimum atomic E-state index is -0.289. The average Bonchev–Trinajstić information content (AvgIpc) is 2.48. The van der Waals surface area contributed by atoms with Crippen molar-refractivity contribution in [1.82, 2.24) is 0 Å². The van der Waals surface area contributed by atoms with Gasteiger partial charge in [-0.3, -0.25) is 0 Å². The van der Waals surface area contributed by atoms with E-state index in [9.17, 15) is 4.39 Å². The highest BCUT2D eigenvalue weighted by molar-refractivity contribution is 5.60. The molecule has 3 nitrogen and oxygen atoms in total. The van der Waals surface area contributed by atoms with E-state index in [1.807, 2.05) is 36.2 Å². The lowest BCUT2D eigenvalue weighted by Gasteiger charge is -2.30. The summed E-state index contributed by atoms with van der Waals surface area (Å²) in [6, 6.07) is 15.7. The number of rotatable bonds is 4. The molecule has 0 bridgehead atoms. The van der Waals surface area contributed by atoms with E-state index in [1.54, 1.807) is 12.1 Å². The van der Waals surface area contributed by atoms with Gasteiger partial charge in [0.25, 0.3) is 0 Å². The number of para-hydroxylation sites is 1. The van der Waals surface area contributed by atoms with Crippen LogP contribution in [-0.2, 0) is 0 Å². The predicted molar refractivity (Wildman–Crippen MR) is 77.8 cm³/mol. The highest BCUT2D eigenvalue weighted by Crippen LogP contribution is 2.27. The van der Waals surface area contributed by atoms with Gasteiger partial charge in [0, 0.05) is 13.6 Å². The number of likely N-dealkylation sites (N-methyl/N-ethyl adjacent to an activating group) is 1. The Labute approximate surface area is 118 Å². The van der Waals surface area contributed by atoms with Crippen LogP contribution in [0.2, 0.25) is 0 Å². The normalized spacial score (nSPS) is 11.7. The molecule has 1 unspecified atom stereocenters. The number of hydrogen-bond donors (Lipinski definition) is 1. The molecule has 0 radical (unpaired) electrons. The molecule has 102 valence electrons. The zero-order valence-corrected chi connectivity index (χ0v) is 11.3. The second kappa shape index (κ2) is 6.18. The Bertz CT molecular complexity index is 634. The summed E-state index contributed by atoms with van der Waals surface area (Å²) in [4.78, 5) is 1.91. The van der Waals surface area contributed by atoms with Crippen LogP contribution in [0.3, 0.4) is 0 Å². The first-order valence-corrected chi connectivity index (χ1v) is 6.35. The summed E-state index contributed by atoms with van der Waals surface area (Å²) in [6.07, 6.45) is 0. The summed E-state index contributed by atoms with van der Waals surface area (Å²) in [5.74, 6) is -0.289. The molecule has 4 heteroatoms. The highest BCUT2D eigenvalue weighted by Gasteiger charge is 2.18. The largest absolute Gasteiger partial charge is 0.365 e. The average molecular weight is 269 g/mol. The van der Waals surface area contributed by atoms with Crippen molar-refractivity contribution in [2.24, 2.45) is 5.73 Å². The maximum absolute atomic E-state index is 13.4. The van der Waals surface area contributed by atoms with Crippen molar-refractivity contribution in [3.63, 3.8) is 0 Å². The molecule has 0 saturated carbocycles. The number of halogens is 1. The van der Waals surface area contributed by atoms with Crippen LogP contribution in [0.25, 0.3) is 0 Å². The van der Waals surface area contributed by atoms with Crippen molar-refractivity contribution in [2.45, 2.75) is 6.04 Å². The minimum Gasteiger partial charge on any atom is -0.365 e. The van der Waals surface area contributed by atoms with Crippen LogP contribution in [0.1, 0.15) is 17.2 Å². The van der Waals surface area contributed by atoms with Crippen molar-refractivity contribution >= 4 is 5.69 Å². The molecule has 0 aliphatic rings. The van der Waals surface area contributed by atoms with E-state index in [4.69, 9.17) is 11.0 Å². The molecule has 1 atom stereocenters. The molecule has 0 amide bonds. The van der Waals surface area contributed by atoms with Crippen molar-refractivity contribution in [3.05, 3.63) is 65.5 Å². The van der Waals surface area contributed by atoms with Crippen LogP contribution >= 0.6 is 0 Å². The fourth-order valence-electron chi connectivity index (χ4n) is 2.28. The number of nitriles is 1. The Morgan fingerprint density at radius 2 is 2.00 bits per heavy atom. The molecule has 0 heterocycles. The lowest BCUT2D eigenvalue weighted by atomic mass is 10.0. The topological polar surface area (TPSA) is 53.0 Å². The Morgan fingerprint density at radius 1 is 1.25 bits per heavy atom. The Kier molecular flexibility index (Phi) is 4.34. The summed E-state index contributed by atoms with van der Waals surface area (Å²) >= 11 is 0. The molecule has 0 spiro atoms. The van der Waals surface area contributed by atoms with Gasteiger partial charge in [-0.15, -0.1) is 0 Å². The molecule has 0 fully saturated rings. The predicted octanol–water partition coefficient (Wildman–Crippen LogP) is 2.83. The van der Waals surface area contributed by atoms with E-state index in [0.717, 1.165) is 11.3 Å². The fourth-order valence-corrected chi connectivity index (χ4v) is 2.28. The molecular formula is C16H16FN3. The monoisotopic (exact) mass is 269 g/mol. The highest BCUT2D eigenvalue weighted by atomic mass is 19.1. The van der Waals surface area contributed by atoms with Crippen LogP contribution in [0.15, 0.2) is 48.5 Å². The lowest BCUT2D eigenvalue weighted by Crippen LogP contribution is -2.31. The van der Waals surface area contributed by atoms with Crippen LogP contribution in [0, 0.1) is 17.1 Å². The second-order valence-corrected chi connectivity index (χ2v) is 4.55. The quantitative estimate of drug-likeness (QED) is 0.928. The third-order valence-corrected chi connectivity index (χ3v) is 3.33. The van der Waals surface area contributed by atoms with Crippen LogP contribution in [0.4, 0.5) is 10.1 Å². The first-order chi connectivity index (χ1) is 9.67. The molecular weight excluding hydrogens is 253 g/mol. The standard InChI is InChI=1S/C16H16FN3/c1-20(15-8-3-2-5-13(15)10-18)16(11-19)12-6-4-7-14(17)9-12/h2-9,16H,11,19H2,1H3. The van der Waals surface area contributed by atoms with Crippen molar-refractivity contribution < 1.29 is 4.39 Å². The molecule has 2 rings (SSSR count). The Hall–Kier alpha value is -2.38. The summed E-state index contributed by atoms with van der Waals surface area (Å²) in [5.41, 5.74) is 7.99. The third-order valence-electron chi connectivity index (χ3n) is 3.33. The van der Waals surface area contributed by atoms with Gasteiger partial charge in [-0.05, 0) is 29.8 Å². The third kappa shape index (κ3) is 2.79. The van der Waals surface area contributed by atoms with Gasteiger partial charge in [0.2, 0.25) is 0 Å². The second-order valence-electron chi connectivity index (χ2n) is 4.55. The zero-order chi connectivity index (χ0) is 14.5. The minimum absolute atomic E-state index is 0.180. The Morgan fingerprint density at radius 3 is 2.65 bits per heavy atom. The first-order valence-electron chi connectivity index (χ1n) is 6.35. The summed E-state index contributed by atoms with van der Waals surface area (Å²) < 4.78 is 13.4. The molecule has 0 aromatic heterocycles. The molecule has 20 heavy (non-hydrogen) atoms. The summed E-state index contributed by atoms with van der Waals surface area (Å²) in [5, 5.41) is 9.17. The van der Waals surface area contributed by atoms with Gasteiger partial charge in [0.1, 0.15) is 11.9 Å². The number of hydrogen-bond acceptors (Lipinski definition) is 3. The van der Waals surface area contributed by atoms with Gasteiger partial charge in [-0.1, -0.05) is 24.3 Å². The zero-order valence-electron chi connectivity index (χ0n) is 11.3. The molecule has 2 aromatic rings. The number of nitrogens with two attached hydrogens (primary N) is 1.